The van der Waals surface area contributed by atoms with Gasteiger partial charge in [0.15, 0.2) is 5.13 Å². The number of aryl methyl sites for hydroxylation is 2. The van der Waals surface area contributed by atoms with Crippen LogP contribution in [0.2, 0.25) is 5.02 Å². The molecule has 4 aromatic rings. The molecule has 0 fully saturated rings. The van der Waals surface area contributed by atoms with Crippen LogP contribution in [-0.4, -0.2) is 27.0 Å². The number of anilines is 1. The van der Waals surface area contributed by atoms with E-state index in [2.05, 4.69) is 20.9 Å². The van der Waals surface area contributed by atoms with Crippen LogP contribution in [0.3, 0.4) is 0 Å². The lowest BCUT2D eigenvalue weighted by molar-refractivity contribution is 0.0986. The van der Waals surface area contributed by atoms with Gasteiger partial charge in [-0.05, 0) is 49.2 Å². The minimum absolute atomic E-state index is 0. The predicted molar refractivity (Wildman–Crippen MR) is 129 cm³/mol. The smallest absolute Gasteiger partial charge is 0.260 e. The Morgan fingerprint density at radius 2 is 2.13 bits per heavy atom. The summed E-state index contributed by atoms with van der Waals surface area (Å²) in [4.78, 5) is 23.9. The van der Waals surface area contributed by atoms with Gasteiger partial charge >= 0.3 is 0 Å². The molecule has 0 atom stereocenters. The molecule has 0 unspecified atom stereocenters. The van der Waals surface area contributed by atoms with Crippen LogP contribution in [0.25, 0.3) is 10.2 Å². The zero-order valence-electron chi connectivity index (χ0n) is 16.1. The van der Waals surface area contributed by atoms with Crippen molar-refractivity contribution in [2.24, 2.45) is 0 Å². The van der Waals surface area contributed by atoms with E-state index in [9.17, 15) is 4.79 Å². The number of amides is 1. The number of aromatic nitrogens is 3. The number of carbonyl (C=O) groups is 1. The third kappa shape index (κ3) is 5.03. The summed E-state index contributed by atoms with van der Waals surface area (Å²) >= 11 is 11.2. The second-order valence-electron chi connectivity index (χ2n) is 6.69. The third-order valence-electron chi connectivity index (χ3n) is 4.54. The van der Waals surface area contributed by atoms with Gasteiger partial charge < -0.3 is 4.57 Å². The highest BCUT2D eigenvalue weighted by atomic mass is 79.9. The summed E-state index contributed by atoms with van der Waals surface area (Å²) in [6.45, 7) is 3.31. The summed E-state index contributed by atoms with van der Waals surface area (Å²) in [5.41, 5.74) is 2.51. The molecule has 0 saturated heterocycles. The molecule has 2 aromatic carbocycles. The van der Waals surface area contributed by atoms with E-state index in [1.807, 2.05) is 54.1 Å². The Balaban J connectivity index is 0.00000256. The number of halogens is 3. The largest absolute Gasteiger partial charge is 0.337 e. The number of thiazole rings is 1. The molecule has 30 heavy (non-hydrogen) atoms. The monoisotopic (exact) mass is 524 g/mol. The van der Waals surface area contributed by atoms with Crippen molar-refractivity contribution in [1.82, 2.24) is 14.5 Å². The van der Waals surface area contributed by atoms with E-state index in [-0.39, 0.29) is 18.3 Å². The first-order chi connectivity index (χ1) is 14.0. The number of benzene rings is 2. The molecule has 0 aliphatic heterocycles. The summed E-state index contributed by atoms with van der Waals surface area (Å²) in [7, 11) is 0. The molecular weight excluding hydrogens is 507 g/mol. The Labute approximate surface area is 198 Å². The molecule has 5 nitrogen and oxygen atoms in total. The lowest BCUT2D eigenvalue weighted by Gasteiger charge is -2.20. The van der Waals surface area contributed by atoms with Crippen molar-refractivity contribution in [3.63, 3.8) is 0 Å². The first-order valence-electron chi connectivity index (χ1n) is 9.11. The lowest BCUT2D eigenvalue weighted by Crippen LogP contribution is -2.32. The van der Waals surface area contributed by atoms with Crippen molar-refractivity contribution in [2.75, 3.05) is 11.4 Å². The Kier molecular flexibility index (Phi) is 7.52. The van der Waals surface area contributed by atoms with E-state index >= 15 is 0 Å². The van der Waals surface area contributed by atoms with Gasteiger partial charge in [-0.2, -0.15) is 0 Å². The molecule has 0 radical (unpaired) electrons. The number of imidazole rings is 1. The third-order valence-corrected chi connectivity index (χ3v) is 6.28. The standard InChI is InChI=1S/C21H18BrClN4OS.ClH/c1-14-10-17(23)12-18-19(14)25-21(29-18)27(8-3-7-26-9-6-24-13-26)20(28)15-4-2-5-16(22)11-15;/h2,4-6,9-13H,3,7-8H2,1H3;1H. The fraction of sp³-hybridized carbons (Fsp3) is 0.190. The van der Waals surface area contributed by atoms with E-state index in [0.29, 0.717) is 22.3 Å². The van der Waals surface area contributed by atoms with E-state index in [1.54, 1.807) is 17.4 Å². The number of carbonyl (C=O) groups excluding carboxylic acids is 1. The predicted octanol–water partition coefficient (Wildman–Crippen LogP) is 6.38. The minimum Gasteiger partial charge on any atom is -0.337 e. The first-order valence-corrected chi connectivity index (χ1v) is 11.1. The van der Waals surface area contributed by atoms with Gasteiger partial charge in [0, 0.05) is 40.5 Å². The molecule has 0 aliphatic carbocycles. The highest BCUT2D eigenvalue weighted by Gasteiger charge is 2.22. The normalized spacial score (nSPS) is 10.8. The van der Waals surface area contributed by atoms with Gasteiger partial charge in [0.05, 0.1) is 16.5 Å². The van der Waals surface area contributed by atoms with E-state index in [0.717, 1.165) is 33.2 Å². The average Bonchev–Trinajstić information content (AvgIpc) is 3.34. The maximum Gasteiger partial charge on any atom is 0.260 e. The van der Waals surface area contributed by atoms with E-state index < -0.39 is 0 Å². The van der Waals surface area contributed by atoms with E-state index in [4.69, 9.17) is 16.6 Å². The van der Waals surface area contributed by atoms with Crippen molar-refractivity contribution < 1.29 is 4.79 Å². The molecule has 0 aliphatic rings. The van der Waals surface area contributed by atoms with Crippen LogP contribution < -0.4 is 4.90 Å². The van der Waals surface area contributed by atoms with Gasteiger partial charge in [-0.3, -0.25) is 9.69 Å². The Hall–Kier alpha value is -1.93. The van der Waals surface area contributed by atoms with Crippen LogP contribution in [0.15, 0.2) is 59.6 Å². The molecule has 0 saturated carbocycles. The van der Waals surface area contributed by atoms with Crippen molar-refractivity contribution in [3.05, 3.63) is 75.7 Å². The zero-order chi connectivity index (χ0) is 20.4. The summed E-state index contributed by atoms with van der Waals surface area (Å²) in [6.07, 6.45) is 6.24. The van der Waals surface area contributed by atoms with Crippen LogP contribution in [0.4, 0.5) is 5.13 Å². The highest BCUT2D eigenvalue weighted by Crippen LogP contribution is 2.34. The van der Waals surface area contributed by atoms with Crippen LogP contribution >= 0.6 is 51.3 Å². The highest BCUT2D eigenvalue weighted by molar-refractivity contribution is 9.10. The van der Waals surface area contributed by atoms with Gasteiger partial charge in [0.2, 0.25) is 0 Å². The maximum absolute atomic E-state index is 13.3. The SMILES string of the molecule is Cc1cc(Cl)cc2sc(N(CCCn3ccnc3)C(=O)c3cccc(Br)c3)nc12.Cl. The van der Waals surface area contributed by atoms with Gasteiger partial charge in [0.25, 0.3) is 5.91 Å². The molecule has 0 bridgehead atoms. The van der Waals surface area contributed by atoms with Gasteiger partial charge in [-0.1, -0.05) is 44.9 Å². The Morgan fingerprint density at radius 1 is 1.30 bits per heavy atom. The van der Waals surface area contributed by atoms with Gasteiger partial charge in [-0.15, -0.1) is 12.4 Å². The average molecular weight is 526 g/mol. The maximum atomic E-state index is 13.3. The molecule has 1 amide bonds. The molecule has 2 heterocycles. The second kappa shape index (κ2) is 9.92. The molecule has 9 heteroatoms. The van der Waals surface area contributed by atoms with Gasteiger partial charge in [-0.25, -0.2) is 9.97 Å². The summed E-state index contributed by atoms with van der Waals surface area (Å²) in [6, 6.07) is 11.2. The zero-order valence-corrected chi connectivity index (χ0v) is 20.1. The van der Waals surface area contributed by atoms with Crippen LogP contribution in [0.5, 0.6) is 0 Å². The number of rotatable bonds is 6. The van der Waals surface area contributed by atoms with Crippen molar-refractivity contribution in [1.29, 1.82) is 0 Å². The molecule has 156 valence electrons. The fourth-order valence-corrected chi connectivity index (χ4v) is 4.99. The van der Waals surface area contributed by atoms with Crippen molar-refractivity contribution >= 4 is 72.5 Å². The topological polar surface area (TPSA) is 51.0 Å². The van der Waals surface area contributed by atoms with Crippen molar-refractivity contribution in [2.45, 2.75) is 19.9 Å². The molecular formula is C21H19BrCl2N4OS. The van der Waals surface area contributed by atoms with E-state index in [1.165, 1.54) is 11.3 Å². The Bertz CT molecular complexity index is 1160. The first kappa shape index (κ1) is 22.7. The number of nitrogens with zero attached hydrogens (tertiary/aromatic N) is 4. The molecule has 4 rings (SSSR count). The molecule has 0 N–H and O–H groups in total. The quantitative estimate of drug-likeness (QED) is 0.293. The van der Waals surface area contributed by atoms with Crippen molar-refractivity contribution in [3.8, 4) is 0 Å². The van der Waals surface area contributed by atoms with Gasteiger partial charge in [0.1, 0.15) is 0 Å². The lowest BCUT2D eigenvalue weighted by atomic mass is 10.2. The number of hydrogen-bond acceptors (Lipinski definition) is 4. The molecule has 2 aromatic heterocycles. The number of hydrogen-bond donors (Lipinski definition) is 0. The minimum atomic E-state index is -0.0697. The van der Waals surface area contributed by atoms with Crippen LogP contribution in [-0.2, 0) is 6.54 Å². The number of fused-ring (bicyclic) bond motifs is 1. The fourth-order valence-electron chi connectivity index (χ4n) is 3.15. The summed E-state index contributed by atoms with van der Waals surface area (Å²) in [5.74, 6) is -0.0697. The second-order valence-corrected chi connectivity index (χ2v) is 9.05. The molecule has 0 spiro atoms. The van der Waals surface area contributed by atoms with Crippen LogP contribution in [0.1, 0.15) is 22.3 Å². The van der Waals surface area contributed by atoms with Crippen LogP contribution in [0, 0.1) is 6.92 Å². The summed E-state index contributed by atoms with van der Waals surface area (Å²) < 4.78 is 3.85. The summed E-state index contributed by atoms with van der Waals surface area (Å²) in [5, 5.41) is 1.36. The Morgan fingerprint density at radius 3 is 2.87 bits per heavy atom.